The average molecular weight is 292 g/mol. The fourth-order valence-electron chi connectivity index (χ4n) is 2.46. The van der Waals surface area contributed by atoms with Crippen LogP contribution in [0.25, 0.3) is 0 Å². The predicted molar refractivity (Wildman–Crippen MR) is 81.3 cm³/mol. The van der Waals surface area contributed by atoms with E-state index < -0.39 is 5.60 Å². The molecule has 116 valence electrons. The maximum atomic E-state index is 12.1. The van der Waals surface area contributed by atoms with E-state index in [0.717, 1.165) is 13.1 Å². The average Bonchev–Trinajstić information content (AvgIpc) is 2.45. The molecular formula is C16H24N2O3. The number of β-amino-alcohol motifs (C(OH)–C–C–N with tert-alkyl or cyclic N) is 1. The molecule has 1 N–H and O–H groups in total. The van der Waals surface area contributed by atoms with Crippen molar-refractivity contribution in [1.82, 2.24) is 9.80 Å². The molecule has 0 aliphatic carbocycles. The van der Waals surface area contributed by atoms with Gasteiger partial charge in [-0.15, -0.1) is 0 Å². The molecule has 0 spiro atoms. The van der Waals surface area contributed by atoms with Crippen LogP contribution in [0, 0.1) is 0 Å². The van der Waals surface area contributed by atoms with Crippen LogP contribution in [0.1, 0.15) is 13.8 Å². The lowest BCUT2D eigenvalue weighted by atomic mass is 10.1. The number of para-hydroxylation sites is 1. The lowest BCUT2D eigenvalue weighted by molar-refractivity contribution is -0.135. The molecule has 2 rings (SSSR count). The van der Waals surface area contributed by atoms with Gasteiger partial charge in [-0.2, -0.15) is 0 Å². The zero-order valence-electron chi connectivity index (χ0n) is 12.8. The van der Waals surface area contributed by atoms with Crippen molar-refractivity contribution in [1.29, 1.82) is 0 Å². The van der Waals surface area contributed by atoms with Crippen molar-refractivity contribution in [2.45, 2.75) is 19.4 Å². The van der Waals surface area contributed by atoms with Gasteiger partial charge in [0.1, 0.15) is 5.75 Å². The Morgan fingerprint density at radius 2 is 1.81 bits per heavy atom. The minimum absolute atomic E-state index is 0.0155. The molecule has 1 aliphatic heterocycles. The van der Waals surface area contributed by atoms with Crippen LogP contribution < -0.4 is 4.74 Å². The van der Waals surface area contributed by atoms with E-state index in [1.54, 1.807) is 13.8 Å². The summed E-state index contributed by atoms with van der Waals surface area (Å²) in [6.45, 7) is 7.28. The van der Waals surface area contributed by atoms with Crippen molar-refractivity contribution in [3.05, 3.63) is 30.3 Å². The molecule has 0 bridgehead atoms. The minimum atomic E-state index is -0.692. The third-order valence-corrected chi connectivity index (χ3v) is 3.44. The van der Waals surface area contributed by atoms with Gasteiger partial charge < -0.3 is 14.7 Å². The first kappa shape index (κ1) is 15.8. The number of hydrogen-bond donors (Lipinski definition) is 1. The van der Waals surface area contributed by atoms with E-state index in [4.69, 9.17) is 4.74 Å². The molecule has 0 saturated carbocycles. The summed E-state index contributed by atoms with van der Waals surface area (Å²) in [5.74, 6) is 0.730. The minimum Gasteiger partial charge on any atom is -0.484 e. The standard InChI is InChI=1S/C16H24N2O3/c1-16(2,20)13-17-8-10-18(11-9-17)15(19)12-21-14-6-4-3-5-7-14/h3-7,20H,8-13H2,1-2H3. The van der Waals surface area contributed by atoms with Crippen LogP contribution in [0.3, 0.4) is 0 Å². The molecule has 1 fully saturated rings. The van der Waals surface area contributed by atoms with Gasteiger partial charge in [0.15, 0.2) is 6.61 Å². The molecule has 0 aromatic heterocycles. The number of benzene rings is 1. The van der Waals surface area contributed by atoms with Crippen LogP contribution in [-0.4, -0.2) is 65.7 Å². The lowest BCUT2D eigenvalue weighted by Crippen LogP contribution is -2.52. The Kier molecular flexibility index (Phi) is 5.20. The Labute approximate surface area is 126 Å². The summed E-state index contributed by atoms with van der Waals surface area (Å²) in [6, 6.07) is 9.37. The maximum Gasteiger partial charge on any atom is 0.260 e. The predicted octanol–water partition coefficient (Wildman–Crippen LogP) is 0.980. The van der Waals surface area contributed by atoms with Crippen molar-refractivity contribution in [2.75, 3.05) is 39.3 Å². The van der Waals surface area contributed by atoms with Crippen molar-refractivity contribution in [3.63, 3.8) is 0 Å². The van der Waals surface area contributed by atoms with Crippen LogP contribution in [-0.2, 0) is 4.79 Å². The van der Waals surface area contributed by atoms with E-state index in [1.807, 2.05) is 35.2 Å². The molecule has 1 aromatic rings. The molecule has 0 atom stereocenters. The highest BCUT2D eigenvalue weighted by Gasteiger charge is 2.25. The number of carbonyl (C=O) groups excluding carboxylic acids is 1. The monoisotopic (exact) mass is 292 g/mol. The van der Waals surface area contributed by atoms with Gasteiger partial charge >= 0.3 is 0 Å². The normalized spacial score (nSPS) is 16.8. The van der Waals surface area contributed by atoms with Crippen LogP contribution in [0.4, 0.5) is 0 Å². The van der Waals surface area contributed by atoms with Gasteiger partial charge in [-0.3, -0.25) is 9.69 Å². The highest BCUT2D eigenvalue weighted by molar-refractivity contribution is 5.77. The molecule has 1 saturated heterocycles. The summed E-state index contributed by atoms with van der Waals surface area (Å²) in [5, 5.41) is 9.81. The molecule has 5 nitrogen and oxygen atoms in total. The molecule has 1 amide bonds. The number of amides is 1. The zero-order chi connectivity index (χ0) is 15.3. The highest BCUT2D eigenvalue weighted by atomic mass is 16.5. The number of piperazine rings is 1. The fraction of sp³-hybridized carbons (Fsp3) is 0.562. The number of hydrogen-bond acceptors (Lipinski definition) is 4. The second-order valence-corrected chi connectivity index (χ2v) is 6.07. The Bertz CT molecular complexity index is 448. The zero-order valence-corrected chi connectivity index (χ0v) is 12.8. The number of rotatable bonds is 5. The summed E-state index contributed by atoms with van der Waals surface area (Å²) < 4.78 is 5.48. The van der Waals surface area contributed by atoms with E-state index in [1.165, 1.54) is 0 Å². The van der Waals surface area contributed by atoms with Gasteiger partial charge in [-0.05, 0) is 26.0 Å². The van der Waals surface area contributed by atoms with E-state index in [9.17, 15) is 9.90 Å². The second kappa shape index (κ2) is 6.91. The molecule has 1 aromatic carbocycles. The maximum absolute atomic E-state index is 12.1. The first-order valence-electron chi connectivity index (χ1n) is 7.34. The van der Waals surface area contributed by atoms with E-state index in [-0.39, 0.29) is 12.5 Å². The summed E-state index contributed by atoms with van der Waals surface area (Å²) >= 11 is 0. The molecule has 0 unspecified atom stereocenters. The largest absolute Gasteiger partial charge is 0.484 e. The molecule has 21 heavy (non-hydrogen) atoms. The summed E-state index contributed by atoms with van der Waals surface area (Å²) in [6.07, 6.45) is 0. The third-order valence-electron chi connectivity index (χ3n) is 3.44. The second-order valence-electron chi connectivity index (χ2n) is 6.07. The van der Waals surface area contributed by atoms with Crippen molar-refractivity contribution >= 4 is 5.91 Å². The number of aliphatic hydroxyl groups is 1. The van der Waals surface area contributed by atoms with Gasteiger partial charge in [0.25, 0.3) is 5.91 Å². The van der Waals surface area contributed by atoms with Crippen molar-refractivity contribution in [2.24, 2.45) is 0 Å². The van der Waals surface area contributed by atoms with Crippen LogP contribution in [0.5, 0.6) is 5.75 Å². The van der Waals surface area contributed by atoms with Crippen LogP contribution in [0.2, 0.25) is 0 Å². The van der Waals surface area contributed by atoms with Crippen LogP contribution >= 0.6 is 0 Å². The van der Waals surface area contributed by atoms with Gasteiger partial charge in [-0.25, -0.2) is 0 Å². The first-order chi connectivity index (χ1) is 9.94. The quantitative estimate of drug-likeness (QED) is 0.879. The Balaban J connectivity index is 1.73. The smallest absolute Gasteiger partial charge is 0.260 e. The van der Waals surface area contributed by atoms with Crippen molar-refractivity contribution < 1.29 is 14.6 Å². The SMILES string of the molecule is CC(C)(O)CN1CCN(C(=O)COc2ccccc2)CC1. The molecule has 1 aliphatic rings. The van der Waals surface area contributed by atoms with Crippen LogP contribution in [0.15, 0.2) is 30.3 Å². The lowest BCUT2D eigenvalue weighted by Gasteiger charge is -2.37. The van der Waals surface area contributed by atoms with E-state index in [2.05, 4.69) is 4.90 Å². The van der Waals surface area contributed by atoms with Gasteiger partial charge in [0.2, 0.25) is 0 Å². The fourth-order valence-corrected chi connectivity index (χ4v) is 2.46. The summed E-state index contributed by atoms with van der Waals surface area (Å²) in [5.41, 5.74) is -0.692. The van der Waals surface area contributed by atoms with Gasteiger partial charge in [0, 0.05) is 32.7 Å². The molecule has 1 heterocycles. The first-order valence-corrected chi connectivity index (χ1v) is 7.34. The summed E-state index contributed by atoms with van der Waals surface area (Å²) in [7, 11) is 0. The summed E-state index contributed by atoms with van der Waals surface area (Å²) in [4.78, 5) is 16.1. The van der Waals surface area contributed by atoms with E-state index in [0.29, 0.717) is 25.4 Å². The van der Waals surface area contributed by atoms with Gasteiger partial charge in [0.05, 0.1) is 5.60 Å². The third kappa shape index (κ3) is 5.36. The van der Waals surface area contributed by atoms with Gasteiger partial charge in [-0.1, -0.05) is 18.2 Å². The topological polar surface area (TPSA) is 53.0 Å². The Morgan fingerprint density at radius 3 is 2.38 bits per heavy atom. The molecule has 0 radical (unpaired) electrons. The highest BCUT2D eigenvalue weighted by Crippen LogP contribution is 2.11. The number of carbonyl (C=O) groups is 1. The van der Waals surface area contributed by atoms with Crippen molar-refractivity contribution in [3.8, 4) is 5.75 Å². The number of ether oxygens (including phenoxy) is 1. The Hall–Kier alpha value is -1.59. The van der Waals surface area contributed by atoms with E-state index >= 15 is 0 Å². The molecule has 5 heteroatoms. The number of nitrogens with zero attached hydrogens (tertiary/aromatic N) is 2. The molecular weight excluding hydrogens is 268 g/mol. The Morgan fingerprint density at radius 1 is 1.19 bits per heavy atom.